The molecule has 0 saturated heterocycles. The molecule has 2 nitrogen and oxygen atoms in total. The Kier molecular flexibility index (Phi) is 37.9. The van der Waals surface area contributed by atoms with Crippen molar-refractivity contribution < 1.29 is 25.1 Å². The van der Waals surface area contributed by atoms with Crippen LogP contribution in [0.4, 0.5) is 0 Å². The topological polar surface area (TPSA) is 25.3 Å². The predicted molar refractivity (Wildman–Crippen MR) is 261 cm³/mol. The maximum absolute atomic E-state index is 11.9. The molecule has 59 heavy (non-hydrogen) atoms. The van der Waals surface area contributed by atoms with Crippen molar-refractivity contribution in [3.63, 3.8) is 0 Å². The average Bonchev–Trinajstić information content (AvgIpc) is 3.57. The van der Waals surface area contributed by atoms with Gasteiger partial charge in [-0.15, -0.1) is 0 Å². The Bertz CT molecular complexity index is 1360. The summed E-state index contributed by atoms with van der Waals surface area (Å²) in [6.45, 7) is 23.4. The Morgan fingerprint density at radius 2 is 0.712 bits per heavy atom. The summed E-state index contributed by atoms with van der Waals surface area (Å²) in [5.41, 5.74) is 23.1. The third kappa shape index (κ3) is 25.7. The molecule has 0 aliphatic carbocycles. The van der Waals surface area contributed by atoms with E-state index < -0.39 is 0 Å². The van der Waals surface area contributed by atoms with Gasteiger partial charge in [-0.3, -0.25) is 0 Å². The maximum atomic E-state index is 11.9. The minimum atomic E-state index is 0. The number of unbranched alkanes of at least 4 members (excludes halogenated alkanes) is 19. The third-order valence-corrected chi connectivity index (χ3v) is 11.5. The zero-order valence-corrected chi connectivity index (χ0v) is 41.6. The Hall–Kier alpha value is -1.82. The van der Waals surface area contributed by atoms with Crippen LogP contribution in [-0.4, -0.2) is 4.70 Å². The van der Waals surface area contributed by atoms with Crippen LogP contribution in [0, 0.1) is 13.8 Å². The first kappa shape index (κ1) is 57.2. The van der Waals surface area contributed by atoms with E-state index in [4.69, 9.17) is 0 Å². The van der Waals surface area contributed by atoms with Crippen molar-refractivity contribution in [2.24, 2.45) is 0 Å². The van der Waals surface area contributed by atoms with Gasteiger partial charge in [-0.05, 0) is 111 Å². The van der Waals surface area contributed by atoms with Crippen LogP contribution < -0.4 is 0 Å². The fourth-order valence-electron chi connectivity index (χ4n) is 7.84. The number of aryl methyl sites for hydroxylation is 4. The van der Waals surface area contributed by atoms with E-state index in [-0.39, 0.29) is 20.4 Å². The van der Waals surface area contributed by atoms with Gasteiger partial charge in [0.2, 0.25) is 11.4 Å². The summed E-state index contributed by atoms with van der Waals surface area (Å²) in [5.74, 6) is 0. The Morgan fingerprint density at radius 1 is 0.390 bits per heavy atom. The standard InChI is InChI=1S/C38H56N2.2C9H19.Pd/c1-6-11-16-20-32-23-30(18-13-8-3)25-35(26-32)37-29-34(22-15-10-5)38(40(37)39)36-27-31(19-14-9-4)24-33(28-36)21-17-12-7-2;2*1-3-5-7-9-8-6-4-2;/h23-29H,6-22H2,1-5H3;2*1,3-9H2,2H3;/q;2*-1;+2. The van der Waals surface area contributed by atoms with Gasteiger partial charge in [0.25, 0.3) is 0 Å². The van der Waals surface area contributed by atoms with Crippen molar-refractivity contribution in [3.8, 4) is 0 Å². The minimum Gasteiger partial charge on any atom is -0.493 e. The van der Waals surface area contributed by atoms with Crippen LogP contribution in [0.2, 0.25) is 0 Å². The second kappa shape index (κ2) is 39.1. The molecular formula is C56H94N2Pd. The molecule has 0 spiro atoms. The first-order valence-corrected chi connectivity index (χ1v) is 25.2. The smallest absolute Gasteiger partial charge is 0.493 e. The van der Waals surface area contributed by atoms with Gasteiger partial charge >= 0.3 is 20.4 Å². The van der Waals surface area contributed by atoms with Crippen LogP contribution in [-0.2, 0) is 46.1 Å². The number of nitrogens with zero attached hydrogens (tertiary/aromatic N) is 2. The van der Waals surface area contributed by atoms with Crippen LogP contribution in [0.5, 0.6) is 0 Å². The molecule has 0 aromatic heterocycles. The zero-order valence-electron chi connectivity index (χ0n) is 40.1. The van der Waals surface area contributed by atoms with E-state index in [1.165, 1.54) is 179 Å². The molecule has 1 aliphatic heterocycles. The molecule has 0 amide bonds. The second-order valence-corrected chi connectivity index (χ2v) is 17.3. The zero-order chi connectivity index (χ0) is 42.6. The molecule has 0 N–H and O–H groups in total. The molecule has 0 radical (unpaired) electrons. The van der Waals surface area contributed by atoms with Crippen LogP contribution in [0.25, 0.3) is 16.9 Å². The van der Waals surface area contributed by atoms with Gasteiger partial charge in [-0.25, -0.2) is 4.70 Å². The van der Waals surface area contributed by atoms with Gasteiger partial charge in [0.05, 0.1) is 0 Å². The average molecular weight is 902 g/mol. The molecule has 0 unspecified atom stereocenters. The van der Waals surface area contributed by atoms with E-state index in [9.17, 15) is 5.53 Å². The van der Waals surface area contributed by atoms with Crippen molar-refractivity contribution in [1.29, 1.82) is 0 Å². The van der Waals surface area contributed by atoms with Crippen LogP contribution in [0.15, 0.2) is 48.0 Å². The van der Waals surface area contributed by atoms with Crippen molar-refractivity contribution in [2.45, 2.75) is 248 Å². The summed E-state index contributed by atoms with van der Waals surface area (Å²) in [4.78, 5) is 0. The summed E-state index contributed by atoms with van der Waals surface area (Å²) in [6, 6.07) is 14.2. The predicted octanol–water partition coefficient (Wildman–Crippen LogP) is 19.0. The van der Waals surface area contributed by atoms with Gasteiger partial charge in [-0.2, -0.15) is 12.8 Å². The first-order valence-electron chi connectivity index (χ1n) is 25.2. The number of hydrogen-bond acceptors (Lipinski definition) is 0. The van der Waals surface area contributed by atoms with Crippen molar-refractivity contribution >= 4 is 11.4 Å². The third-order valence-electron chi connectivity index (χ3n) is 11.5. The molecule has 2 aromatic carbocycles. The van der Waals surface area contributed by atoms with E-state index in [0.29, 0.717) is 0 Å². The summed E-state index contributed by atoms with van der Waals surface area (Å²) in [6.07, 6.45) is 41.2. The summed E-state index contributed by atoms with van der Waals surface area (Å²) < 4.78 is 1.54. The van der Waals surface area contributed by atoms with Crippen LogP contribution in [0.1, 0.15) is 255 Å². The summed E-state index contributed by atoms with van der Waals surface area (Å²) in [5, 5.41) is 0. The second-order valence-electron chi connectivity index (χ2n) is 17.3. The molecule has 1 aliphatic rings. The molecule has 0 bridgehead atoms. The van der Waals surface area contributed by atoms with E-state index in [1.54, 1.807) is 0 Å². The molecule has 2 aromatic rings. The SMILES string of the molecule is CCCCCc1cc(CCCC)cc(C2=CC(CCCC)=C(c3cc(CCCC)cc(CCCCC)c3)[N+]2=[N-])c1.[CH2-]CCCCCCCC.[CH2-]CCCCCCCC.[Pd+2]. The van der Waals surface area contributed by atoms with Crippen molar-refractivity contribution in [2.75, 3.05) is 0 Å². The van der Waals surface area contributed by atoms with Crippen molar-refractivity contribution in [3.05, 3.63) is 101 Å². The summed E-state index contributed by atoms with van der Waals surface area (Å²) >= 11 is 0. The van der Waals surface area contributed by atoms with Crippen molar-refractivity contribution in [1.82, 2.24) is 0 Å². The number of allylic oxidation sites excluding steroid dienone is 2. The van der Waals surface area contributed by atoms with E-state index in [0.717, 1.165) is 74.7 Å². The van der Waals surface area contributed by atoms with Crippen LogP contribution in [0.3, 0.4) is 0 Å². The monoisotopic (exact) mass is 901 g/mol. The normalized spacial score (nSPS) is 12.2. The fraction of sp³-hybridized carbons (Fsp3) is 0.679. The Balaban J connectivity index is 0.00000147. The van der Waals surface area contributed by atoms with Gasteiger partial charge in [0.15, 0.2) is 0 Å². The molecule has 0 saturated carbocycles. The first-order chi connectivity index (χ1) is 28.4. The van der Waals surface area contributed by atoms with Gasteiger partial charge < -0.3 is 19.4 Å². The maximum Gasteiger partial charge on any atom is 2.00 e. The molecule has 3 rings (SSSR count). The molecule has 0 fully saturated rings. The number of benzene rings is 2. The number of rotatable bonds is 31. The van der Waals surface area contributed by atoms with Gasteiger partial charge in [0.1, 0.15) is 0 Å². The largest absolute Gasteiger partial charge is 2.00 e. The van der Waals surface area contributed by atoms with Gasteiger partial charge in [-0.1, -0.05) is 183 Å². The fourth-order valence-corrected chi connectivity index (χ4v) is 7.84. The Morgan fingerprint density at radius 3 is 1.10 bits per heavy atom. The molecular weight excluding hydrogens is 807 g/mol. The van der Waals surface area contributed by atoms with Crippen LogP contribution >= 0.6 is 0 Å². The Labute approximate surface area is 382 Å². The van der Waals surface area contributed by atoms with E-state index in [2.05, 4.69) is 105 Å². The number of hydrogen-bond donors (Lipinski definition) is 0. The quantitative estimate of drug-likeness (QED) is 0.0312. The molecule has 338 valence electrons. The van der Waals surface area contributed by atoms with E-state index in [1.807, 2.05) is 0 Å². The molecule has 3 heteroatoms. The van der Waals surface area contributed by atoms with Gasteiger partial charge in [0, 0.05) is 22.8 Å². The molecule has 0 atom stereocenters. The molecule has 1 heterocycles. The summed E-state index contributed by atoms with van der Waals surface area (Å²) in [7, 11) is 0. The minimum absolute atomic E-state index is 0. The van der Waals surface area contributed by atoms with E-state index >= 15 is 0 Å².